The van der Waals surface area contributed by atoms with Crippen LogP contribution in [0.25, 0.3) is 0 Å². The van der Waals surface area contributed by atoms with E-state index in [0.717, 1.165) is 0 Å². The third-order valence-corrected chi connectivity index (χ3v) is 2.78. The summed E-state index contributed by atoms with van der Waals surface area (Å²) in [5.74, 6) is -0.731. The number of carbonyl (C=O) groups is 1. The predicted molar refractivity (Wildman–Crippen MR) is 61.2 cm³/mol. The summed E-state index contributed by atoms with van der Waals surface area (Å²) in [6.45, 7) is 1.89. The fraction of sp³-hybridized carbons (Fsp3) is 0.750. The molecule has 0 saturated heterocycles. The maximum absolute atomic E-state index is 11.5. The van der Waals surface area contributed by atoms with Crippen molar-refractivity contribution in [3.8, 4) is 0 Å². The van der Waals surface area contributed by atoms with Crippen molar-refractivity contribution in [3.05, 3.63) is 12.2 Å². The SMILES string of the molecule is CCC[C@@H]1OC(=O)[C@@H](O)CC/C=C\[C@@H](O)[C@H]1O. The lowest BCUT2D eigenvalue weighted by Crippen LogP contribution is -2.41. The van der Waals surface area contributed by atoms with Crippen LogP contribution in [0, 0.1) is 0 Å². The summed E-state index contributed by atoms with van der Waals surface area (Å²) in [5.41, 5.74) is 0. The molecule has 1 aliphatic heterocycles. The Morgan fingerprint density at radius 2 is 2.12 bits per heavy atom. The highest BCUT2D eigenvalue weighted by Crippen LogP contribution is 2.16. The number of aliphatic hydroxyl groups is 3. The highest BCUT2D eigenvalue weighted by molar-refractivity contribution is 5.74. The first-order valence-electron chi connectivity index (χ1n) is 5.97. The maximum atomic E-state index is 11.5. The lowest BCUT2D eigenvalue weighted by atomic mass is 10.0. The van der Waals surface area contributed by atoms with Crippen LogP contribution in [0.1, 0.15) is 32.6 Å². The van der Waals surface area contributed by atoms with Crippen LogP contribution < -0.4 is 0 Å². The van der Waals surface area contributed by atoms with Crippen LogP contribution in [-0.2, 0) is 9.53 Å². The fourth-order valence-corrected chi connectivity index (χ4v) is 1.75. The molecule has 0 fully saturated rings. The summed E-state index contributed by atoms with van der Waals surface area (Å²) < 4.78 is 5.03. The first-order valence-corrected chi connectivity index (χ1v) is 5.97. The monoisotopic (exact) mass is 244 g/mol. The molecule has 1 aliphatic rings. The van der Waals surface area contributed by atoms with E-state index in [1.165, 1.54) is 6.08 Å². The molecule has 98 valence electrons. The molecule has 5 heteroatoms. The number of aliphatic hydroxyl groups excluding tert-OH is 3. The van der Waals surface area contributed by atoms with Gasteiger partial charge in [0.25, 0.3) is 0 Å². The van der Waals surface area contributed by atoms with E-state index < -0.39 is 30.4 Å². The average Bonchev–Trinajstić information content (AvgIpc) is 2.31. The Hall–Kier alpha value is -0.910. The number of hydrogen-bond donors (Lipinski definition) is 3. The molecule has 0 bridgehead atoms. The van der Waals surface area contributed by atoms with Gasteiger partial charge in [0.2, 0.25) is 0 Å². The van der Waals surface area contributed by atoms with Crippen LogP contribution in [-0.4, -0.2) is 45.7 Å². The van der Waals surface area contributed by atoms with E-state index in [4.69, 9.17) is 4.74 Å². The minimum absolute atomic E-state index is 0.261. The van der Waals surface area contributed by atoms with Crippen LogP contribution >= 0.6 is 0 Å². The molecule has 0 aliphatic carbocycles. The summed E-state index contributed by atoms with van der Waals surface area (Å²) in [4.78, 5) is 11.5. The number of allylic oxidation sites excluding steroid dienone is 1. The van der Waals surface area contributed by atoms with Gasteiger partial charge in [0.05, 0.1) is 0 Å². The van der Waals surface area contributed by atoms with Gasteiger partial charge in [-0.3, -0.25) is 0 Å². The molecule has 0 aromatic heterocycles. The van der Waals surface area contributed by atoms with Crippen molar-refractivity contribution in [2.75, 3.05) is 0 Å². The molecule has 5 nitrogen and oxygen atoms in total. The van der Waals surface area contributed by atoms with Gasteiger partial charge in [-0.15, -0.1) is 0 Å². The minimum atomic E-state index is -1.17. The van der Waals surface area contributed by atoms with Crippen LogP contribution in [0.2, 0.25) is 0 Å². The maximum Gasteiger partial charge on any atom is 0.335 e. The molecular weight excluding hydrogens is 224 g/mol. The standard InChI is InChI=1S/C12H20O5/c1-2-5-10-11(15)8(13)6-3-4-7-9(14)12(16)17-10/h3,6,8-11,13-15H,2,4-5,7H2,1H3/b6-3-/t8-,9+,10+,11-/m1/s1. The Morgan fingerprint density at radius 3 is 2.76 bits per heavy atom. The highest BCUT2D eigenvalue weighted by Gasteiger charge is 2.30. The number of cyclic esters (lactones) is 1. The third kappa shape index (κ3) is 4.11. The highest BCUT2D eigenvalue weighted by atomic mass is 16.6. The third-order valence-electron chi connectivity index (χ3n) is 2.78. The molecule has 0 saturated carbocycles. The number of ether oxygens (including phenoxy) is 1. The van der Waals surface area contributed by atoms with Crippen molar-refractivity contribution in [3.63, 3.8) is 0 Å². The molecule has 0 unspecified atom stereocenters. The zero-order chi connectivity index (χ0) is 12.8. The molecule has 0 aromatic rings. The number of esters is 1. The zero-order valence-corrected chi connectivity index (χ0v) is 9.95. The summed E-state index contributed by atoms with van der Waals surface area (Å²) in [6.07, 6.45) is 0.857. The number of rotatable bonds is 2. The summed E-state index contributed by atoms with van der Waals surface area (Å²) in [5, 5.41) is 29.0. The molecular formula is C12H20O5. The molecule has 1 heterocycles. The second-order valence-electron chi connectivity index (χ2n) is 4.27. The van der Waals surface area contributed by atoms with E-state index in [1.807, 2.05) is 6.92 Å². The first kappa shape index (κ1) is 14.2. The Balaban J connectivity index is 2.80. The quantitative estimate of drug-likeness (QED) is 0.475. The van der Waals surface area contributed by atoms with Crippen molar-refractivity contribution < 1.29 is 24.9 Å². The topological polar surface area (TPSA) is 87.0 Å². The summed E-state index contributed by atoms with van der Waals surface area (Å²) >= 11 is 0. The fourth-order valence-electron chi connectivity index (χ4n) is 1.75. The molecule has 4 atom stereocenters. The lowest BCUT2D eigenvalue weighted by molar-refractivity contribution is -0.169. The molecule has 0 spiro atoms. The molecule has 3 N–H and O–H groups in total. The van der Waals surface area contributed by atoms with E-state index in [-0.39, 0.29) is 6.42 Å². The average molecular weight is 244 g/mol. The number of carbonyl (C=O) groups excluding carboxylic acids is 1. The van der Waals surface area contributed by atoms with Gasteiger partial charge in [0.15, 0.2) is 6.10 Å². The van der Waals surface area contributed by atoms with Crippen LogP contribution in [0.4, 0.5) is 0 Å². The predicted octanol–water partition coefficient (Wildman–Crippen LogP) is 0.131. The molecule has 0 radical (unpaired) electrons. The van der Waals surface area contributed by atoms with Gasteiger partial charge in [-0.2, -0.15) is 0 Å². The van der Waals surface area contributed by atoms with Gasteiger partial charge in [-0.05, 0) is 19.3 Å². The van der Waals surface area contributed by atoms with Gasteiger partial charge < -0.3 is 20.1 Å². The van der Waals surface area contributed by atoms with Crippen molar-refractivity contribution >= 4 is 5.97 Å². The Morgan fingerprint density at radius 1 is 1.41 bits per heavy atom. The van der Waals surface area contributed by atoms with Crippen LogP contribution in [0.15, 0.2) is 12.2 Å². The van der Waals surface area contributed by atoms with Gasteiger partial charge in [-0.25, -0.2) is 4.79 Å². The normalized spacial score (nSPS) is 37.3. The van der Waals surface area contributed by atoms with E-state index >= 15 is 0 Å². The second kappa shape index (κ2) is 6.74. The second-order valence-corrected chi connectivity index (χ2v) is 4.27. The summed E-state index contributed by atoms with van der Waals surface area (Å²) in [6, 6.07) is 0. The first-order chi connectivity index (χ1) is 8.06. The van der Waals surface area contributed by atoms with Crippen LogP contribution in [0.5, 0.6) is 0 Å². The van der Waals surface area contributed by atoms with Gasteiger partial charge in [0.1, 0.15) is 18.3 Å². The molecule has 1 rings (SSSR count). The zero-order valence-electron chi connectivity index (χ0n) is 9.95. The number of hydrogen-bond acceptors (Lipinski definition) is 5. The van der Waals surface area contributed by atoms with Crippen LogP contribution in [0.3, 0.4) is 0 Å². The van der Waals surface area contributed by atoms with Crippen molar-refractivity contribution in [1.82, 2.24) is 0 Å². The van der Waals surface area contributed by atoms with Gasteiger partial charge in [0, 0.05) is 0 Å². The molecule has 0 aromatic carbocycles. The van der Waals surface area contributed by atoms with Gasteiger partial charge in [-0.1, -0.05) is 25.5 Å². The van der Waals surface area contributed by atoms with Crippen molar-refractivity contribution in [1.29, 1.82) is 0 Å². The molecule has 17 heavy (non-hydrogen) atoms. The Kier molecular flexibility index (Phi) is 5.61. The molecule has 0 amide bonds. The van der Waals surface area contributed by atoms with Gasteiger partial charge >= 0.3 is 5.97 Å². The van der Waals surface area contributed by atoms with E-state index in [1.54, 1.807) is 6.08 Å². The largest absolute Gasteiger partial charge is 0.458 e. The van der Waals surface area contributed by atoms with E-state index in [0.29, 0.717) is 19.3 Å². The van der Waals surface area contributed by atoms with Crippen molar-refractivity contribution in [2.24, 2.45) is 0 Å². The lowest BCUT2D eigenvalue weighted by Gasteiger charge is -2.27. The van der Waals surface area contributed by atoms with Crippen molar-refractivity contribution in [2.45, 2.75) is 57.0 Å². The van der Waals surface area contributed by atoms with E-state index in [2.05, 4.69) is 0 Å². The summed E-state index contributed by atoms with van der Waals surface area (Å²) in [7, 11) is 0. The minimum Gasteiger partial charge on any atom is -0.458 e. The Labute approximate surface area is 101 Å². The smallest absolute Gasteiger partial charge is 0.335 e. The van der Waals surface area contributed by atoms with E-state index in [9.17, 15) is 20.1 Å². The Bertz CT molecular complexity index is 276.